The smallest absolute Gasteiger partial charge is 0.210 e. The molecule has 0 aromatic heterocycles. The zero-order chi connectivity index (χ0) is 54.1. The summed E-state index contributed by atoms with van der Waals surface area (Å²) in [5.74, 6) is 0. The molecule has 4 aliphatic rings. The number of nitrogens with zero attached hydrogens (tertiary/aromatic N) is 4. The molecule has 4 heteroatoms. The molecular formula is C74H78N4+2. The molecule has 2 atom stereocenters. The van der Waals surface area contributed by atoms with Gasteiger partial charge in [-0.05, 0) is 145 Å². The van der Waals surface area contributed by atoms with E-state index in [1.165, 1.54) is 111 Å². The molecule has 0 bridgehead atoms. The van der Waals surface area contributed by atoms with E-state index in [9.17, 15) is 0 Å². The van der Waals surface area contributed by atoms with Gasteiger partial charge in [0.15, 0.2) is 11.4 Å². The number of rotatable bonds is 14. The highest BCUT2D eigenvalue weighted by atomic mass is 15.2. The van der Waals surface area contributed by atoms with Crippen LogP contribution in [0.25, 0.3) is 43.1 Å². The van der Waals surface area contributed by atoms with Gasteiger partial charge < -0.3 is 9.80 Å². The molecule has 0 spiro atoms. The van der Waals surface area contributed by atoms with Crippen molar-refractivity contribution in [1.29, 1.82) is 0 Å². The van der Waals surface area contributed by atoms with Crippen LogP contribution >= 0.6 is 0 Å². The molecule has 12 rings (SSSR count). The van der Waals surface area contributed by atoms with Crippen molar-refractivity contribution in [2.75, 3.05) is 37.0 Å². The van der Waals surface area contributed by atoms with Crippen molar-refractivity contribution in [1.82, 2.24) is 0 Å². The number of hydrogen-bond acceptors (Lipinski definition) is 2. The van der Waals surface area contributed by atoms with E-state index in [1.807, 2.05) is 0 Å². The predicted octanol–water partition coefficient (Wildman–Crippen LogP) is 18.4. The van der Waals surface area contributed by atoms with Crippen LogP contribution in [0.3, 0.4) is 0 Å². The minimum absolute atomic E-state index is 0.161. The van der Waals surface area contributed by atoms with E-state index in [4.69, 9.17) is 0 Å². The summed E-state index contributed by atoms with van der Waals surface area (Å²) in [6.07, 6.45) is 25.8. The summed E-state index contributed by atoms with van der Waals surface area (Å²) in [6, 6.07) is 54.5. The van der Waals surface area contributed by atoms with Gasteiger partial charge in [-0.1, -0.05) is 160 Å². The highest BCUT2D eigenvalue weighted by molar-refractivity contribution is 6.09. The monoisotopic (exact) mass is 1020 g/mol. The third kappa shape index (κ3) is 7.98. The van der Waals surface area contributed by atoms with Gasteiger partial charge in [0.05, 0.1) is 10.8 Å². The number of hydrogen-bond donors (Lipinski definition) is 0. The predicted molar refractivity (Wildman–Crippen MR) is 336 cm³/mol. The summed E-state index contributed by atoms with van der Waals surface area (Å²) in [4.78, 5) is 4.94. The lowest BCUT2D eigenvalue weighted by Crippen LogP contribution is -2.28. The van der Waals surface area contributed by atoms with Crippen LogP contribution < -0.4 is 9.80 Å². The van der Waals surface area contributed by atoms with Crippen molar-refractivity contribution in [3.05, 3.63) is 228 Å². The minimum Gasteiger partial charge on any atom is -0.347 e. The molecule has 4 aliphatic heterocycles. The fourth-order valence-corrected chi connectivity index (χ4v) is 14.8. The van der Waals surface area contributed by atoms with E-state index >= 15 is 0 Å². The fraction of sp³-hybridized carbons (Fsp3) is 0.297. The van der Waals surface area contributed by atoms with Gasteiger partial charge in [0, 0.05) is 95.9 Å². The van der Waals surface area contributed by atoms with Crippen LogP contribution in [0.1, 0.15) is 116 Å². The maximum Gasteiger partial charge on any atom is 0.210 e. The first-order valence-electron chi connectivity index (χ1n) is 29.0. The van der Waals surface area contributed by atoms with E-state index < -0.39 is 0 Å². The molecule has 392 valence electrons. The van der Waals surface area contributed by atoms with Gasteiger partial charge in [-0.25, -0.2) is 0 Å². The zero-order valence-corrected chi connectivity index (χ0v) is 47.9. The first-order chi connectivity index (χ1) is 37.7. The molecule has 0 saturated carbocycles. The Kier molecular flexibility index (Phi) is 12.9. The largest absolute Gasteiger partial charge is 0.347 e. The van der Waals surface area contributed by atoms with Gasteiger partial charge in [0.1, 0.15) is 13.1 Å². The SMILES string of the molecule is CCCC[N+]1=C(/C=C/C=C2/N(C)c3ccc4ccccc4c3C2(C)C/C=C\CC2(C)/C(=C\C=C\C3=[N+](CCCC)c4ccc5ccccc5c4C3(C)C)N(C)c3ccc4ccccc4c32)C(C)(C)c2c1ccc1ccccc21. The first-order valence-corrected chi connectivity index (χ1v) is 29.0. The Balaban J connectivity index is 0.920. The molecule has 4 nitrogen and oxygen atoms in total. The Bertz CT molecular complexity index is 3700. The van der Waals surface area contributed by atoms with Crippen LogP contribution in [0.15, 0.2) is 206 Å². The Morgan fingerprint density at radius 3 is 1.10 bits per heavy atom. The fourth-order valence-electron chi connectivity index (χ4n) is 14.8. The quantitative estimate of drug-likeness (QED) is 0.0795. The van der Waals surface area contributed by atoms with Gasteiger partial charge in [0.2, 0.25) is 11.4 Å². The van der Waals surface area contributed by atoms with Crippen LogP contribution in [0.4, 0.5) is 22.7 Å². The average Bonchev–Trinajstić information content (AvgIpc) is 4.18. The second kappa shape index (κ2) is 19.7. The number of allylic oxidation sites excluding steroid dienone is 10. The molecule has 2 unspecified atom stereocenters. The number of benzene rings is 8. The van der Waals surface area contributed by atoms with Crippen molar-refractivity contribution >= 4 is 77.3 Å². The molecule has 0 aliphatic carbocycles. The molecule has 4 heterocycles. The number of unbranched alkanes of at least 4 members (excludes halogenated alkanes) is 2. The molecule has 0 N–H and O–H groups in total. The summed E-state index contributed by atoms with van der Waals surface area (Å²) in [7, 11) is 4.56. The highest BCUT2D eigenvalue weighted by Gasteiger charge is 2.48. The van der Waals surface area contributed by atoms with E-state index in [-0.39, 0.29) is 21.7 Å². The molecule has 0 amide bonds. The van der Waals surface area contributed by atoms with E-state index in [0.717, 1.165) is 51.6 Å². The van der Waals surface area contributed by atoms with E-state index in [1.54, 1.807) is 0 Å². The minimum atomic E-state index is -0.292. The van der Waals surface area contributed by atoms with Crippen molar-refractivity contribution in [3.8, 4) is 0 Å². The average molecular weight is 1020 g/mol. The molecule has 0 saturated heterocycles. The second-order valence-corrected chi connectivity index (χ2v) is 24.2. The van der Waals surface area contributed by atoms with Crippen molar-refractivity contribution in [2.45, 2.75) is 116 Å². The maximum atomic E-state index is 2.61. The topological polar surface area (TPSA) is 12.5 Å². The van der Waals surface area contributed by atoms with Crippen LogP contribution in [-0.2, 0) is 21.7 Å². The van der Waals surface area contributed by atoms with Gasteiger partial charge in [-0.15, -0.1) is 0 Å². The van der Waals surface area contributed by atoms with Crippen molar-refractivity contribution in [3.63, 3.8) is 0 Å². The number of fused-ring (bicyclic) bond motifs is 12. The van der Waals surface area contributed by atoms with Crippen LogP contribution in [-0.4, -0.2) is 47.8 Å². The Labute approximate surface area is 464 Å². The van der Waals surface area contributed by atoms with E-state index in [0.29, 0.717) is 0 Å². The Hall–Kier alpha value is -7.56. The summed E-state index contributed by atoms with van der Waals surface area (Å²) in [5, 5.41) is 10.6. The van der Waals surface area contributed by atoms with Crippen LogP contribution in [0.5, 0.6) is 0 Å². The molecule has 0 fully saturated rings. The standard InChI is InChI=1S/C74H78N4/c1-11-13-49-77-61-45-41-51-27-15-19-31-55(51)67(61)71(3,4)63(77)35-25-37-65-73(7,69-57-33-21-17-29-53(57)39-43-59(69)75(65)9)47-23-24-48-74(8)66(76(10)60-44-40-54-30-18-22-34-58(54)70(60)74)38-26-36-64-72(5,6)68-56-32-20-16-28-52(56)42-46-62(68)78(64)50-14-12-2/h15-46H,11-14,47-50H2,1-10H3/q+2/b24-23-. The van der Waals surface area contributed by atoms with E-state index in [2.05, 4.69) is 283 Å². The number of likely N-dealkylation sites (N-methyl/N-ethyl adjacent to an activating group) is 2. The molecule has 8 aromatic rings. The third-order valence-electron chi connectivity index (χ3n) is 18.7. The van der Waals surface area contributed by atoms with Crippen molar-refractivity contribution < 1.29 is 9.15 Å². The molecular weight excluding hydrogens is 945 g/mol. The van der Waals surface area contributed by atoms with Gasteiger partial charge in [-0.2, -0.15) is 9.15 Å². The molecule has 78 heavy (non-hydrogen) atoms. The lowest BCUT2D eigenvalue weighted by molar-refractivity contribution is -0.438. The molecule has 8 aromatic carbocycles. The number of anilines is 2. The van der Waals surface area contributed by atoms with Gasteiger partial charge in [-0.3, -0.25) is 0 Å². The summed E-state index contributed by atoms with van der Waals surface area (Å²) < 4.78 is 5.22. The van der Waals surface area contributed by atoms with Crippen molar-refractivity contribution in [2.24, 2.45) is 0 Å². The summed E-state index contributed by atoms with van der Waals surface area (Å²) >= 11 is 0. The third-order valence-corrected chi connectivity index (χ3v) is 18.7. The first kappa shape index (κ1) is 51.2. The normalized spacial score (nSPS) is 21.4. The molecule has 0 radical (unpaired) electrons. The Morgan fingerprint density at radius 1 is 0.410 bits per heavy atom. The summed E-state index contributed by atoms with van der Waals surface area (Å²) in [6.45, 7) is 21.3. The van der Waals surface area contributed by atoms with Crippen LogP contribution in [0, 0.1) is 0 Å². The Morgan fingerprint density at radius 2 is 0.744 bits per heavy atom. The zero-order valence-electron chi connectivity index (χ0n) is 47.9. The lowest BCUT2D eigenvalue weighted by atomic mass is 9.74. The van der Waals surface area contributed by atoms with Crippen LogP contribution in [0.2, 0.25) is 0 Å². The second-order valence-electron chi connectivity index (χ2n) is 24.2. The van der Waals surface area contributed by atoms with Gasteiger partial charge >= 0.3 is 0 Å². The lowest BCUT2D eigenvalue weighted by Gasteiger charge is -2.30. The van der Waals surface area contributed by atoms with Gasteiger partial charge in [0.25, 0.3) is 0 Å². The summed E-state index contributed by atoms with van der Waals surface area (Å²) in [5.41, 5.74) is 15.4. The maximum absolute atomic E-state index is 2.61. The highest BCUT2D eigenvalue weighted by Crippen LogP contribution is 2.55.